The Balaban J connectivity index is 1.82. The summed E-state index contributed by atoms with van der Waals surface area (Å²) >= 11 is 0. The van der Waals surface area contributed by atoms with Crippen LogP contribution in [0.4, 0.5) is 4.39 Å². The molecule has 0 aliphatic heterocycles. The SMILES string of the molecule is Fc1ccc2[nH]c(-c3ccc4c(c3)CCCC4)cc2c1. The fourth-order valence-corrected chi connectivity index (χ4v) is 3.16. The van der Waals surface area contributed by atoms with Crippen molar-refractivity contribution >= 4 is 10.9 Å². The lowest BCUT2D eigenvalue weighted by atomic mass is 9.90. The Bertz CT molecular complexity index is 785. The maximum absolute atomic E-state index is 13.3. The number of halogens is 1. The van der Waals surface area contributed by atoms with Crippen molar-refractivity contribution in [2.75, 3.05) is 0 Å². The quantitative estimate of drug-likeness (QED) is 0.647. The number of benzene rings is 2. The van der Waals surface area contributed by atoms with Crippen molar-refractivity contribution < 1.29 is 4.39 Å². The number of fused-ring (bicyclic) bond motifs is 2. The van der Waals surface area contributed by atoms with Crippen LogP contribution in [0.15, 0.2) is 42.5 Å². The lowest BCUT2D eigenvalue weighted by Gasteiger charge is -2.16. The van der Waals surface area contributed by atoms with Crippen LogP contribution in [0.2, 0.25) is 0 Å². The molecule has 0 fully saturated rings. The lowest BCUT2D eigenvalue weighted by molar-refractivity contribution is 0.630. The molecule has 0 radical (unpaired) electrons. The minimum absolute atomic E-state index is 0.187. The smallest absolute Gasteiger partial charge is 0.123 e. The van der Waals surface area contributed by atoms with Crippen molar-refractivity contribution in [3.8, 4) is 11.3 Å². The minimum Gasteiger partial charge on any atom is -0.355 e. The normalized spacial score (nSPS) is 14.4. The third-order valence-corrected chi connectivity index (χ3v) is 4.24. The molecule has 0 bridgehead atoms. The summed E-state index contributed by atoms with van der Waals surface area (Å²) in [4.78, 5) is 3.38. The molecule has 0 atom stereocenters. The van der Waals surface area contributed by atoms with E-state index in [0.717, 1.165) is 16.6 Å². The third kappa shape index (κ3) is 1.92. The minimum atomic E-state index is -0.187. The molecule has 1 aromatic heterocycles. The molecular weight excluding hydrogens is 249 g/mol. The molecule has 100 valence electrons. The average Bonchev–Trinajstić information content (AvgIpc) is 2.89. The molecule has 1 heterocycles. The van der Waals surface area contributed by atoms with E-state index in [4.69, 9.17) is 0 Å². The predicted molar refractivity (Wildman–Crippen MR) is 80.3 cm³/mol. The van der Waals surface area contributed by atoms with Gasteiger partial charge in [-0.1, -0.05) is 12.1 Å². The van der Waals surface area contributed by atoms with Crippen molar-refractivity contribution in [1.29, 1.82) is 0 Å². The van der Waals surface area contributed by atoms with E-state index in [1.807, 2.05) is 6.07 Å². The Morgan fingerprint density at radius 1 is 0.850 bits per heavy atom. The van der Waals surface area contributed by atoms with Gasteiger partial charge >= 0.3 is 0 Å². The third-order valence-electron chi connectivity index (χ3n) is 4.24. The molecule has 1 nitrogen and oxygen atoms in total. The van der Waals surface area contributed by atoms with E-state index in [1.54, 1.807) is 12.1 Å². The average molecular weight is 265 g/mol. The summed E-state index contributed by atoms with van der Waals surface area (Å²) in [5.41, 5.74) is 6.21. The Morgan fingerprint density at radius 3 is 2.60 bits per heavy atom. The molecule has 0 saturated carbocycles. The van der Waals surface area contributed by atoms with Crippen LogP contribution in [0.25, 0.3) is 22.2 Å². The molecule has 2 heteroatoms. The largest absolute Gasteiger partial charge is 0.355 e. The number of nitrogens with one attached hydrogen (secondary N) is 1. The zero-order valence-corrected chi connectivity index (χ0v) is 11.2. The van der Waals surface area contributed by atoms with Gasteiger partial charge in [0.25, 0.3) is 0 Å². The van der Waals surface area contributed by atoms with Crippen LogP contribution in [-0.2, 0) is 12.8 Å². The van der Waals surface area contributed by atoms with Gasteiger partial charge in [0.2, 0.25) is 0 Å². The van der Waals surface area contributed by atoms with Crippen molar-refractivity contribution in [1.82, 2.24) is 4.98 Å². The summed E-state index contributed by atoms with van der Waals surface area (Å²) in [7, 11) is 0. The summed E-state index contributed by atoms with van der Waals surface area (Å²) in [5, 5.41) is 0.928. The van der Waals surface area contributed by atoms with E-state index in [2.05, 4.69) is 23.2 Å². The zero-order chi connectivity index (χ0) is 13.5. The van der Waals surface area contributed by atoms with E-state index in [0.29, 0.717) is 0 Å². The molecule has 0 spiro atoms. The number of aryl methyl sites for hydroxylation is 2. The van der Waals surface area contributed by atoms with Gasteiger partial charge in [0.05, 0.1) is 0 Å². The summed E-state index contributed by atoms with van der Waals surface area (Å²) in [6.45, 7) is 0. The van der Waals surface area contributed by atoms with Crippen LogP contribution in [0.3, 0.4) is 0 Å². The monoisotopic (exact) mass is 265 g/mol. The van der Waals surface area contributed by atoms with Crippen LogP contribution < -0.4 is 0 Å². The first-order valence-electron chi connectivity index (χ1n) is 7.20. The fourth-order valence-electron chi connectivity index (χ4n) is 3.16. The summed E-state index contributed by atoms with van der Waals surface area (Å²) < 4.78 is 13.3. The number of rotatable bonds is 1. The first kappa shape index (κ1) is 11.7. The molecule has 0 saturated heterocycles. The van der Waals surface area contributed by atoms with Crippen molar-refractivity contribution in [2.24, 2.45) is 0 Å². The number of aromatic nitrogens is 1. The molecule has 0 amide bonds. The maximum Gasteiger partial charge on any atom is 0.123 e. The first-order valence-corrected chi connectivity index (χ1v) is 7.20. The summed E-state index contributed by atoms with van der Waals surface area (Å²) in [6, 6.07) is 13.6. The van der Waals surface area contributed by atoms with E-state index >= 15 is 0 Å². The van der Waals surface area contributed by atoms with E-state index in [-0.39, 0.29) is 5.82 Å². The van der Waals surface area contributed by atoms with Crippen molar-refractivity contribution in [2.45, 2.75) is 25.7 Å². The second-order valence-electron chi connectivity index (χ2n) is 5.61. The second kappa shape index (κ2) is 4.48. The van der Waals surface area contributed by atoms with Gasteiger partial charge in [-0.05, 0) is 72.7 Å². The molecule has 20 heavy (non-hydrogen) atoms. The molecule has 1 aliphatic carbocycles. The highest BCUT2D eigenvalue weighted by Gasteiger charge is 2.11. The van der Waals surface area contributed by atoms with Crippen LogP contribution in [-0.4, -0.2) is 4.98 Å². The van der Waals surface area contributed by atoms with E-state index in [1.165, 1.54) is 48.4 Å². The topological polar surface area (TPSA) is 15.8 Å². The highest BCUT2D eigenvalue weighted by Crippen LogP contribution is 2.29. The Hall–Kier alpha value is -2.09. The van der Waals surface area contributed by atoms with Gasteiger partial charge in [0, 0.05) is 16.6 Å². The Morgan fingerprint density at radius 2 is 1.70 bits per heavy atom. The van der Waals surface area contributed by atoms with Crippen LogP contribution in [0, 0.1) is 5.82 Å². The Kier molecular flexibility index (Phi) is 2.62. The standard InChI is InChI=1S/C18H16FN/c19-16-7-8-17-15(10-16)11-18(20-17)14-6-5-12-3-1-2-4-13(12)9-14/h5-11,20H,1-4H2. The number of hydrogen-bond donors (Lipinski definition) is 1. The molecule has 2 aromatic carbocycles. The summed E-state index contributed by atoms with van der Waals surface area (Å²) in [5.74, 6) is -0.187. The maximum atomic E-state index is 13.3. The molecular formula is C18H16FN. The first-order chi connectivity index (χ1) is 9.79. The van der Waals surface area contributed by atoms with E-state index in [9.17, 15) is 4.39 Å². The van der Waals surface area contributed by atoms with Crippen LogP contribution in [0.5, 0.6) is 0 Å². The zero-order valence-electron chi connectivity index (χ0n) is 11.2. The number of aromatic amines is 1. The molecule has 1 N–H and O–H groups in total. The van der Waals surface area contributed by atoms with Crippen LogP contribution in [0.1, 0.15) is 24.0 Å². The van der Waals surface area contributed by atoms with Gasteiger partial charge in [-0.2, -0.15) is 0 Å². The predicted octanol–water partition coefficient (Wildman–Crippen LogP) is 4.85. The highest BCUT2D eigenvalue weighted by molar-refractivity contribution is 5.86. The van der Waals surface area contributed by atoms with E-state index < -0.39 is 0 Å². The number of hydrogen-bond acceptors (Lipinski definition) is 0. The van der Waals surface area contributed by atoms with Crippen molar-refractivity contribution in [3.63, 3.8) is 0 Å². The van der Waals surface area contributed by atoms with Gasteiger partial charge in [-0.15, -0.1) is 0 Å². The van der Waals surface area contributed by atoms with Crippen LogP contribution >= 0.6 is 0 Å². The molecule has 1 aliphatic rings. The lowest BCUT2D eigenvalue weighted by Crippen LogP contribution is -2.02. The van der Waals surface area contributed by atoms with Gasteiger partial charge in [-0.3, -0.25) is 0 Å². The second-order valence-corrected chi connectivity index (χ2v) is 5.61. The molecule has 3 aromatic rings. The highest BCUT2D eigenvalue weighted by atomic mass is 19.1. The molecule has 0 unspecified atom stereocenters. The van der Waals surface area contributed by atoms with Gasteiger partial charge in [-0.25, -0.2) is 4.39 Å². The Labute approximate surface area is 117 Å². The van der Waals surface area contributed by atoms with Gasteiger partial charge in [0.15, 0.2) is 0 Å². The number of H-pyrrole nitrogens is 1. The summed E-state index contributed by atoms with van der Waals surface area (Å²) in [6.07, 6.45) is 4.97. The van der Waals surface area contributed by atoms with Crippen molar-refractivity contribution in [3.05, 3.63) is 59.4 Å². The van der Waals surface area contributed by atoms with Gasteiger partial charge < -0.3 is 4.98 Å². The fraction of sp³-hybridized carbons (Fsp3) is 0.222. The molecule has 4 rings (SSSR count). The van der Waals surface area contributed by atoms with Gasteiger partial charge in [0.1, 0.15) is 5.82 Å².